The third-order valence-electron chi connectivity index (χ3n) is 1.36. The number of nitrogens with zero attached hydrogens (tertiary/aromatic N) is 4. The van der Waals surface area contributed by atoms with Gasteiger partial charge in [-0.05, 0) is 19.8 Å². The number of hydrogen-bond donors (Lipinski definition) is 0. The van der Waals surface area contributed by atoms with Gasteiger partial charge in [-0.25, -0.2) is 0 Å². The first kappa shape index (κ1) is 11.3. The third-order valence-corrected chi connectivity index (χ3v) is 10.8. The van der Waals surface area contributed by atoms with Gasteiger partial charge in [0.1, 0.15) is 10.8 Å². The fraction of sp³-hybridized carbons (Fsp3) is 0.333. The summed E-state index contributed by atoms with van der Waals surface area (Å²) in [7, 11) is 5.27. The molecule has 1 aromatic heterocycles. The molecule has 0 aliphatic heterocycles. The van der Waals surface area contributed by atoms with Crippen LogP contribution in [0.15, 0.2) is 0 Å². The maximum atomic E-state index is 10.4. The van der Waals surface area contributed by atoms with Gasteiger partial charge < -0.3 is 10.1 Å². The van der Waals surface area contributed by atoms with Crippen molar-refractivity contribution >= 4 is 39.1 Å². The van der Waals surface area contributed by atoms with Crippen molar-refractivity contribution in [3.8, 4) is 0 Å². The molecule has 10 heteroatoms. The molecule has 0 radical (unpaired) electrons. The van der Waals surface area contributed by atoms with E-state index in [1.807, 2.05) is 0 Å². The minimum atomic E-state index is -0.552. The Labute approximate surface area is 82.1 Å². The van der Waals surface area contributed by atoms with Crippen LogP contribution in [-0.2, 0) is 0 Å². The van der Waals surface area contributed by atoms with Crippen molar-refractivity contribution in [3.05, 3.63) is 15.8 Å². The molecule has 72 valence electrons. The molecule has 1 aromatic rings. The topological polar surface area (TPSA) is 73.8 Å². The molecule has 0 bridgehead atoms. The second-order valence-electron chi connectivity index (χ2n) is 2.12. The van der Waals surface area contributed by atoms with Crippen LogP contribution in [0.4, 0.5) is 5.82 Å². The summed E-state index contributed by atoms with van der Waals surface area (Å²) >= 11 is 0. The lowest BCUT2D eigenvalue weighted by Crippen LogP contribution is -1.92. The number of nitro groups is 1. The predicted octanol–water partition coefficient (Wildman–Crippen LogP) is 1.91. The van der Waals surface area contributed by atoms with Crippen LogP contribution in [0.3, 0.4) is 0 Å². The van der Waals surface area contributed by atoms with Crippen molar-refractivity contribution in [3.63, 3.8) is 0 Å². The lowest BCUT2D eigenvalue weighted by Gasteiger charge is -2.06. The van der Waals surface area contributed by atoms with Crippen LogP contribution in [-0.4, -0.2) is 19.7 Å². The van der Waals surface area contributed by atoms with E-state index in [0.29, 0.717) is 13.7 Å². The van der Waals surface area contributed by atoms with Crippen LogP contribution in [0.2, 0.25) is 0 Å². The molecule has 0 spiro atoms. The van der Waals surface area contributed by atoms with Crippen molar-refractivity contribution in [2.24, 2.45) is 0 Å². The summed E-state index contributed by atoms with van der Waals surface area (Å²) in [5, 5.41) is 17.7. The van der Waals surface area contributed by atoms with E-state index in [9.17, 15) is 10.1 Å². The Morgan fingerprint density at radius 3 is 2.77 bits per heavy atom. The maximum absolute atomic E-state index is 10.4. The first-order chi connectivity index (χ1) is 6.07. The third kappa shape index (κ3) is 2.39. The van der Waals surface area contributed by atoms with Gasteiger partial charge in [0.05, 0.1) is 12.7 Å². The van der Waals surface area contributed by atoms with Gasteiger partial charge in [-0.15, -0.1) is 8.93 Å². The van der Waals surface area contributed by atoms with Crippen molar-refractivity contribution in [2.45, 2.75) is 6.92 Å². The summed E-state index contributed by atoms with van der Waals surface area (Å²) in [6, 6.07) is 0. The Bertz CT molecular complexity index is 327. The highest BCUT2D eigenvalue weighted by Crippen LogP contribution is 2.66. The summed E-state index contributed by atoms with van der Waals surface area (Å²) in [5.74, 6) is -0.154. The van der Waals surface area contributed by atoms with Crippen molar-refractivity contribution in [2.75, 3.05) is 0 Å². The highest BCUT2D eigenvalue weighted by atomic mass is 32.6. The molecular weight excluding hydrogens is 248 g/mol. The van der Waals surface area contributed by atoms with Gasteiger partial charge in [-0.2, -0.15) is 4.45 Å². The molecule has 4 unspecified atom stereocenters. The zero-order valence-electron chi connectivity index (χ0n) is 6.71. The van der Waals surface area contributed by atoms with Crippen molar-refractivity contribution in [1.29, 1.82) is 0 Å². The minimum Gasteiger partial charge on any atom is -0.358 e. The van der Waals surface area contributed by atoms with E-state index in [-0.39, 0.29) is 5.82 Å². The molecule has 6 nitrogen and oxygen atoms in total. The van der Waals surface area contributed by atoms with Crippen LogP contribution in [0.5, 0.6) is 0 Å². The molecule has 0 saturated carbocycles. The summed E-state index contributed by atoms with van der Waals surface area (Å²) in [6.07, 6.45) is 0. The number of aromatic nitrogens is 3. The van der Waals surface area contributed by atoms with Crippen LogP contribution in [0.1, 0.15) is 5.69 Å². The largest absolute Gasteiger partial charge is 0.413 e. The van der Waals surface area contributed by atoms with E-state index >= 15 is 0 Å². The second-order valence-corrected chi connectivity index (χ2v) is 10.9. The Balaban J connectivity index is 3.06. The fourth-order valence-electron chi connectivity index (χ4n) is 0.742. The summed E-state index contributed by atoms with van der Waals surface area (Å²) in [4.78, 5) is 9.92. The molecule has 0 fully saturated rings. The molecule has 1 rings (SSSR count). The Hall–Kier alpha value is 0.260. The molecule has 0 N–H and O–H groups in total. The normalized spacial score (nSPS) is 13.8. The van der Waals surface area contributed by atoms with Gasteiger partial charge in [0.15, 0.2) is 0 Å². The van der Waals surface area contributed by atoms with Gasteiger partial charge in [0.25, 0.3) is 0 Å². The number of hydrogen-bond acceptors (Lipinski definition) is 4. The summed E-state index contributed by atoms with van der Waals surface area (Å²) in [6.45, 7) is 1.66. The molecule has 0 aromatic carbocycles. The summed E-state index contributed by atoms with van der Waals surface area (Å²) in [5.41, 5.74) is 0.515. The van der Waals surface area contributed by atoms with Crippen LogP contribution < -0.4 is 0 Å². The van der Waals surface area contributed by atoms with E-state index < -0.39 is 12.4 Å². The first-order valence-electron chi connectivity index (χ1n) is 3.16. The predicted molar refractivity (Wildman–Crippen MR) is 61.5 cm³/mol. The van der Waals surface area contributed by atoms with E-state index in [4.69, 9.17) is 0 Å². The lowest BCUT2D eigenvalue weighted by molar-refractivity contribution is -0.390. The Kier molecular flexibility index (Phi) is 4.06. The Morgan fingerprint density at radius 1 is 1.77 bits per heavy atom. The van der Waals surface area contributed by atoms with E-state index in [1.54, 1.807) is 11.4 Å². The monoisotopic (exact) mass is 256 g/mol. The van der Waals surface area contributed by atoms with Crippen LogP contribution in [0.25, 0.3) is 0 Å². The fourth-order valence-corrected chi connectivity index (χ4v) is 3.93. The molecule has 0 aliphatic rings. The smallest absolute Gasteiger partial charge is 0.358 e. The average molecular weight is 256 g/mol. The SMILES string of the molecule is Cc1c([N+](=O)[O-])nnn1P(P)PP. The van der Waals surface area contributed by atoms with Crippen molar-refractivity contribution < 1.29 is 4.92 Å². The molecule has 4 atom stereocenters. The van der Waals surface area contributed by atoms with Gasteiger partial charge in [-0.3, -0.25) is 0 Å². The molecule has 0 aliphatic carbocycles. The van der Waals surface area contributed by atoms with Crippen molar-refractivity contribution in [1.82, 2.24) is 14.8 Å². The average Bonchev–Trinajstić information content (AvgIpc) is 2.46. The van der Waals surface area contributed by atoms with Crippen LogP contribution in [0, 0.1) is 17.0 Å². The molecule has 0 saturated heterocycles. The summed E-state index contributed by atoms with van der Waals surface area (Å²) < 4.78 is 1.60. The lowest BCUT2D eigenvalue weighted by atomic mass is 10.5. The van der Waals surface area contributed by atoms with E-state index in [0.717, 1.165) is 0 Å². The number of rotatable bonds is 3. The highest BCUT2D eigenvalue weighted by Gasteiger charge is 2.21. The quantitative estimate of drug-likeness (QED) is 0.470. The second kappa shape index (κ2) is 4.66. The maximum Gasteiger partial charge on any atom is 0.413 e. The first-order valence-corrected chi connectivity index (χ1v) is 9.72. The van der Waals surface area contributed by atoms with E-state index in [1.165, 1.54) is 0 Å². The highest BCUT2D eigenvalue weighted by molar-refractivity contribution is 8.60. The van der Waals surface area contributed by atoms with Gasteiger partial charge in [0.2, 0.25) is 0 Å². The van der Waals surface area contributed by atoms with Gasteiger partial charge in [0, 0.05) is 0 Å². The molecule has 1 heterocycles. The zero-order chi connectivity index (χ0) is 10.0. The Morgan fingerprint density at radius 2 is 2.38 bits per heavy atom. The van der Waals surface area contributed by atoms with Crippen LogP contribution >= 0.6 is 33.3 Å². The zero-order valence-corrected chi connectivity index (χ0v) is 10.9. The minimum absolute atomic E-state index is 0.154. The molecular formula is C3H8N4O2P4. The van der Waals surface area contributed by atoms with E-state index in [2.05, 4.69) is 28.2 Å². The standard InChI is InChI=1S/C3H8N4O2P4/c1-2-3(7(8)9)4-5-6(2)13(11)12-10/h12H,10-11H2,1H3. The molecule has 0 amide bonds. The van der Waals surface area contributed by atoms with Gasteiger partial charge >= 0.3 is 5.82 Å². The van der Waals surface area contributed by atoms with Gasteiger partial charge in [-0.1, -0.05) is 8.93 Å². The molecule has 13 heavy (non-hydrogen) atoms.